The first-order chi connectivity index (χ1) is 8.09. The zero-order valence-corrected chi connectivity index (χ0v) is 10.3. The highest BCUT2D eigenvalue weighted by Crippen LogP contribution is 2.23. The van der Waals surface area contributed by atoms with E-state index in [0.717, 1.165) is 13.0 Å². The molecule has 4 heteroatoms. The van der Waals surface area contributed by atoms with Gasteiger partial charge in [0.2, 0.25) is 0 Å². The van der Waals surface area contributed by atoms with Gasteiger partial charge in [-0.15, -0.1) is 0 Å². The van der Waals surface area contributed by atoms with Gasteiger partial charge in [-0.05, 0) is 32.5 Å². The topological polar surface area (TPSA) is 38.5 Å². The number of likely N-dealkylation sites (N-methyl/N-ethyl adjacent to an activating group) is 1. The number of benzene rings is 1. The fourth-order valence-electron chi connectivity index (χ4n) is 2.41. The summed E-state index contributed by atoms with van der Waals surface area (Å²) in [6.07, 6.45) is 1.19. The summed E-state index contributed by atoms with van der Waals surface area (Å²) in [6.45, 7) is 3.36. The fourth-order valence-corrected chi connectivity index (χ4v) is 2.41. The zero-order chi connectivity index (χ0) is 12.4. The Morgan fingerprint density at radius 1 is 1.53 bits per heavy atom. The number of nitrogen functional groups attached to an aromatic ring is 1. The molecule has 1 aliphatic heterocycles. The Morgan fingerprint density at radius 3 is 2.88 bits per heavy atom. The van der Waals surface area contributed by atoms with Crippen LogP contribution in [0.15, 0.2) is 18.2 Å². The predicted molar refractivity (Wildman–Crippen MR) is 66.1 cm³/mol. The third-order valence-corrected chi connectivity index (χ3v) is 3.46. The molecule has 1 saturated heterocycles. The average molecular weight is 238 g/mol. The molecule has 94 valence electrons. The Balaban J connectivity index is 2.10. The summed E-state index contributed by atoms with van der Waals surface area (Å²) < 4.78 is 19.2. The van der Waals surface area contributed by atoms with Crippen molar-refractivity contribution in [3.63, 3.8) is 0 Å². The molecule has 0 amide bonds. The molecule has 0 spiro atoms. The van der Waals surface area contributed by atoms with Crippen LogP contribution in [-0.2, 0) is 11.3 Å². The number of rotatable bonds is 3. The summed E-state index contributed by atoms with van der Waals surface area (Å²) >= 11 is 0. The number of nitrogens with zero attached hydrogens (tertiary/aromatic N) is 1. The Labute approximate surface area is 101 Å². The van der Waals surface area contributed by atoms with Crippen molar-refractivity contribution < 1.29 is 9.13 Å². The maximum atomic E-state index is 13.7. The van der Waals surface area contributed by atoms with Crippen molar-refractivity contribution in [2.75, 3.05) is 19.4 Å². The summed E-state index contributed by atoms with van der Waals surface area (Å²) in [5.74, 6) is -0.233. The largest absolute Gasteiger partial charge is 0.398 e. The van der Waals surface area contributed by atoms with Crippen LogP contribution in [0.3, 0.4) is 0 Å². The molecule has 0 radical (unpaired) electrons. The monoisotopic (exact) mass is 238 g/mol. The lowest BCUT2D eigenvalue weighted by molar-refractivity contribution is 0.0811. The van der Waals surface area contributed by atoms with Gasteiger partial charge in [-0.25, -0.2) is 4.39 Å². The summed E-state index contributed by atoms with van der Waals surface area (Å²) in [4.78, 5) is 2.12. The summed E-state index contributed by atoms with van der Waals surface area (Å²) in [7, 11) is 1.99. The minimum Gasteiger partial charge on any atom is -0.398 e. The lowest BCUT2D eigenvalue weighted by Gasteiger charge is -2.27. The van der Waals surface area contributed by atoms with Crippen molar-refractivity contribution in [2.45, 2.75) is 32.0 Å². The summed E-state index contributed by atoms with van der Waals surface area (Å²) in [5, 5.41) is 0. The molecule has 1 heterocycles. The van der Waals surface area contributed by atoms with Crippen LogP contribution >= 0.6 is 0 Å². The molecule has 1 aromatic carbocycles. The maximum Gasteiger partial charge on any atom is 0.129 e. The first kappa shape index (κ1) is 12.3. The van der Waals surface area contributed by atoms with E-state index in [1.807, 2.05) is 7.05 Å². The van der Waals surface area contributed by atoms with Crippen LogP contribution in [0.2, 0.25) is 0 Å². The smallest absolute Gasteiger partial charge is 0.129 e. The first-order valence-corrected chi connectivity index (χ1v) is 5.94. The maximum absolute atomic E-state index is 13.7. The molecule has 1 aromatic rings. The van der Waals surface area contributed by atoms with Gasteiger partial charge >= 0.3 is 0 Å². The highest BCUT2D eigenvalue weighted by Gasteiger charge is 2.28. The van der Waals surface area contributed by atoms with E-state index in [0.29, 0.717) is 23.8 Å². The van der Waals surface area contributed by atoms with E-state index < -0.39 is 0 Å². The molecule has 2 unspecified atom stereocenters. The number of hydrogen-bond acceptors (Lipinski definition) is 3. The molecule has 3 nitrogen and oxygen atoms in total. The van der Waals surface area contributed by atoms with Gasteiger partial charge in [-0.3, -0.25) is 4.90 Å². The summed E-state index contributed by atoms with van der Waals surface area (Å²) in [5.41, 5.74) is 6.90. The third-order valence-electron chi connectivity index (χ3n) is 3.46. The number of halogens is 1. The Morgan fingerprint density at radius 2 is 2.29 bits per heavy atom. The second-order valence-electron chi connectivity index (χ2n) is 4.65. The molecule has 2 atom stereocenters. The van der Waals surface area contributed by atoms with Crippen LogP contribution in [0.5, 0.6) is 0 Å². The minimum atomic E-state index is -0.233. The van der Waals surface area contributed by atoms with Crippen LogP contribution in [0.4, 0.5) is 10.1 Å². The van der Waals surface area contributed by atoms with Gasteiger partial charge in [-0.2, -0.15) is 0 Å². The molecule has 1 aliphatic rings. The van der Waals surface area contributed by atoms with Gasteiger partial charge in [0.1, 0.15) is 5.82 Å². The van der Waals surface area contributed by atoms with E-state index in [9.17, 15) is 4.39 Å². The molecule has 0 bridgehead atoms. The molecular formula is C13H19FN2O. The molecule has 0 aromatic heterocycles. The minimum absolute atomic E-state index is 0.202. The molecule has 1 fully saturated rings. The Hall–Kier alpha value is -1.13. The Bertz CT molecular complexity index is 377. The van der Waals surface area contributed by atoms with E-state index in [4.69, 9.17) is 10.5 Å². The van der Waals surface area contributed by atoms with E-state index in [-0.39, 0.29) is 11.9 Å². The van der Waals surface area contributed by atoms with Gasteiger partial charge in [0.25, 0.3) is 0 Å². The molecule has 2 rings (SSSR count). The van der Waals surface area contributed by atoms with Gasteiger partial charge in [-0.1, -0.05) is 6.07 Å². The lowest BCUT2D eigenvalue weighted by Crippen LogP contribution is -2.36. The second kappa shape index (κ2) is 5.02. The van der Waals surface area contributed by atoms with Crippen LogP contribution < -0.4 is 5.73 Å². The van der Waals surface area contributed by atoms with E-state index in [1.54, 1.807) is 12.1 Å². The molecule has 2 N–H and O–H groups in total. The van der Waals surface area contributed by atoms with Gasteiger partial charge < -0.3 is 10.5 Å². The average Bonchev–Trinajstić information content (AvgIpc) is 2.70. The van der Waals surface area contributed by atoms with Crippen molar-refractivity contribution in [3.05, 3.63) is 29.6 Å². The SMILES string of the molecule is CC1OCCC1N(C)Cc1c(N)cccc1F. The number of nitrogens with two attached hydrogens (primary N) is 1. The van der Waals surface area contributed by atoms with Crippen molar-refractivity contribution in [1.82, 2.24) is 4.90 Å². The fraction of sp³-hybridized carbons (Fsp3) is 0.538. The van der Waals surface area contributed by atoms with E-state index in [2.05, 4.69) is 11.8 Å². The van der Waals surface area contributed by atoms with Crippen molar-refractivity contribution in [3.8, 4) is 0 Å². The van der Waals surface area contributed by atoms with Gasteiger partial charge in [0.05, 0.1) is 6.10 Å². The predicted octanol–water partition coefficient (Wildman–Crippen LogP) is 2.02. The van der Waals surface area contributed by atoms with Crippen LogP contribution in [0.1, 0.15) is 18.9 Å². The first-order valence-electron chi connectivity index (χ1n) is 5.94. The number of anilines is 1. The van der Waals surface area contributed by atoms with Crippen LogP contribution in [0.25, 0.3) is 0 Å². The molecule has 17 heavy (non-hydrogen) atoms. The lowest BCUT2D eigenvalue weighted by atomic mass is 10.1. The van der Waals surface area contributed by atoms with E-state index >= 15 is 0 Å². The molecule has 0 saturated carbocycles. The number of hydrogen-bond donors (Lipinski definition) is 1. The quantitative estimate of drug-likeness (QED) is 0.819. The van der Waals surface area contributed by atoms with Crippen molar-refractivity contribution in [1.29, 1.82) is 0 Å². The highest BCUT2D eigenvalue weighted by molar-refractivity contribution is 5.47. The van der Waals surface area contributed by atoms with Crippen LogP contribution in [0, 0.1) is 5.82 Å². The normalized spacial score (nSPS) is 24.5. The zero-order valence-electron chi connectivity index (χ0n) is 10.3. The standard InChI is InChI=1S/C13H19FN2O/c1-9-13(6-7-17-9)16(2)8-10-11(14)4-3-5-12(10)15/h3-5,9,13H,6-8,15H2,1-2H3. The Kier molecular flexibility index (Phi) is 3.64. The van der Waals surface area contributed by atoms with Gasteiger partial charge in [0, 0.05) is 30.4 Å². The number of ether oxygens (including phenoxy) is 1. The summed E-state index contributed by atoms with van der Waals surface area (Å²) in [6, 6.07) is 5.17. The van der Waals surface area contributed by atoms with E-state index in [1.165, 1.54) is 6.07 Å². The second-order valence-corrected chi connectivity index (χ2v) is 4.65. The molecule has 0 aliphatic carbocycles. The van der Waals surface area contributed by atoms with Crippen molar-refractivity contribution in [2.24, 2.45) is 0 Å². The third kappa shape index (κ3) is 2.58. The van der Waals surface area contributed by atoms with Gasteiger partial charge in [0.15, 0.2) is 0 Å². The van der Waals surface area contributed by atoms with Crippen LogP contribution in [-0.4, -0.2) is 30.7 Å². The highest BCUT2D eigenvalue weighted by atomic mass is 19.1. The van der Waals surface area contributed by atoms with Crippen molar-refractivity contribution >= 4 is 5.69 Å². The molecular weight excluding hydrogens is 219 g/mol.